The molecule has 33 heavy (non-hydrogen) atoms. The highest BCUT2D eigenvalue weighted by molar-refractivity contribution is 6.02. The Balaban J connectivity index is 1.20. The topological polar surface area (TPSA) is 68.6 Å². The molecule has 1 N–H and O–H groups in total. The number of anilines is 1. The van der Waals surface area contributed by atoms with Gasteiger partial charge in [-0.2, -0.15) is 5.10 Å². The summed E-state index contributed by atoms with van der Waals surface area (Å²) >= 11 is 0. The van der Waals surface area contributed by atoms with E-state index in [2.05, 4.69) is 10.4 Å². The number of likely N-dealkylation sites (tertiary alicyclic amines) is 1. The lowest BCUT2D eigenvalue weighted by molar-refractivity contribution is -0.111. The van der Waals surface area contributed by atoms with E-state index < -0.39 is 0 Å². The highest BCUT2D eigenvalue weighted by Gasteiger charge is 2.27. The Kier molecular flexibility index (Phi) is 6.48. The minimum atomic E-state index is -0.332. The molecular formula is C25H27FN4O3. The number of ether oxygens (including phenoxy) is 2. The van der Waals surface area contributed by atoms with E-state index in [1.165, 1.54) is 6.08 Å². The summed E-state index contributed by atoms with van der Waals surface area (Å²) in [5, 5.41) is 8.42. The minimum Gasteiger partial charge on any atom is -0.371 e. The molecule has 0 saturated carbocycles. The molecular weight excluding hydrogens is 423 g/mol. The predicted molar refractivity (Wildman–Crippen MR) is 124 cm³/mol. The third kappa shape index (κ3) is 4.98. The van der Waals surface area contributed by atoms with Gasteiger partial charge in [-0.25, -0.2) is 9.07 Å². The molecule has 3 aromatic rings. The highest BCUT2D eigenvalue weighted by atomic mass is 19.1. The Hall–Kier alpha value is -3.07. The van der Waals surface area contributed by atoms with Crippen molar-refractivity contribution in [1.29, 1.82) is 0 Å². The fourth-order valence-corrected chi connectivity index (χ4v) is 4.06. The van der Waals surface area contributed by atoms with Gasteiger partial charge in [0.1, 0.15) is 6.67 Å². The maximum absolute atomic E-state index is 12.6. The Morgan fingerprint density at radius 2 is 2.12 bits per heavy atom. The molecule has 8 heteroatoms. The van der Waals surface area contributed by atoms with Gasteiger partial charge in [0.15, 0.2) is 6.23 Å². The lowest BCUT2D eigenvalue weighted by atomic mass is 10.1. The lowest BCUT2D eigenvalue weighted by Gasteiger charge is -2.38. The normalized spacial score (nSPS) is 19.0. The third-order valence-electron chi connectivity index (χ3n) is 6.07. The molecule has 3 heterocycles. The summed E-state index contributed by atoms with van der Waals surface area (Å²) in [5.41, 5.74) is 3.54. The number of benzene rings is 2. The van der Waals surface area contributed by atoms with Crippen molar-refractivity contribution in [3.05, 3.63) is 65.9 Å². The molecule has 2 saturated heterocycles. The quantitative estimate of drug-likeness (QED) is 0.503. The van der Waals surface area contributed by atoms with Gasteiger partial charge >= 0.3 is 0 Å². The maximum Gasteiger partial charge on any atom is 0.248 e. The molecule has 1 aromatic heterocycles. The van der Waals surface area contributed by atoms with Crippen LogP contribution in [-0.2, 0) is 20.9 Å². The van der Waals surface area contributed by atoms with Crippen LogP contribution >= 0.6 is 0 Å². The molecule has 172 valence electrons. The Morgan fingerprint density at radius 1 is 1.27 bits per heavy atom. The van der Waals surface area contributed by atoms with Crippen molar-refractivity contribution in [3.63, 3.8) is 0 Å². The van der Waals surface area contributed by atoms with Gasteiger partial charge in [0.05, 0.1) is 31.0 Å². The number of nitrogens with one attached hydrogen (secondary N) is 1. The molecule has 0 bridgehead atoms. The Bertz CT molecular complexity index is 1150. The van der Waals surface area contributed by atoms with Crippen molar-refractivity contribution in [1.82, 2.24) is 14.7 Å². The van der Waals surface area contributed by atoms with Crippen molar-refractivity contribution < 1.29 is 18.7 Å². The van der Waals surface area contributed by atoms with Crippen LogP contribution in [-0.4, -0.2) is 59.6 Å². The molecule has 0 radical (unpaired) electrons. The monoisotopic (exact) mass is 450 g/mol. The predicted octanol–water partition coefficient (Wildman–Crippen LogP) is 3.78. The Labute approximate surface area is 191 Å². The zero-order chi connectivity index (χ0) is 22.6. The van der Waals surface area contributed by atoms with Crippen LogP contribution in [0.5, 0.6) is 0 Å². The fraction of sp³-hybridized carbons (Fsp3) is 0.360. The summed E-state index contributed by atoms with van der Waals surface area (Å²) < 4.78 is 25.7. The van der Waals surface area contributed by atoms with Crippen molar-refractivity contribution in [2.24, 2.45) is 0 Å². The summed E-state index contributed by atoms with van der Waals surface area (Å²) in [6.45, 7) is 2.79. The number of aromatic nitrogens is 2. The SMILES string of the molecule is O=C(/C=C/c1ccc2cnn(C3CCO3)c2c1)Nc1ccccc1COC1CN(CCF)C1. The first-order chi connectivity index (χ1) is 16.2. The van der Waals surface area contributed by atoms with Crippen LogP contribution in [0.4, 0.5) is 10.1 Å². The molecule has 2 aromatic carbocycles. The molecule has 1 atom stereocenters. The van der Waals surface area contributed by atoms with E-state index in [1.54, 1.807) is 6.08 Å². The first-order valence-electron chi connectivity index (χ1n) is 11.3. The molecule has 2 aliphatic rings. The summed E-state index contributed by atoms with van der Waals surface area (Å²) in [7, 11) is 0. The Morgan fingerprint density at radius 3 is 2.91 bits per heavy atom. The summed E-state index contributed by atoms with van der Waals surface area (Å²) in [6.07, 6.45) is 6.21. The summed E-state index contributed by atoms with van der Waals surface area (Å²) in [6, 6.07) is 13.6. The van der Waals surface area contributed by atoms with Crippen LogP contribution in [0.25, 0.3) is 17.0 Å². The second-order valence-electron chi connectivity index (χ2n) is 8.38. The van der Waals surface area contributed by atoms with Gasteiger partial charge in [-0.15, -0.1) is 0 Å². The molecule has 2 fully saturated rings. The number of nitrogens with zero attached hydrogens (tertiary/aromatic N) is 3. The average Bonchev–Trinajstić information content (AvgIpc) is 3.16. The smallest absolute Gasteiger partial charge is 0.248 e. The van der Waals surface area contributed by atoms with E-state index in [9.17, 15) is 9.18 Å². The van der Waals surface area contributed by atoms with Crippen molar-refractivity contribution >= 4 is 28.6 Å². The minimum absolute atomic E-state index is 0.00421. The van der Waals surface area contributed by atoms with Crippen LogP contribution in [0.3, 0.4) is 0 Å². The summed E-state index contributed by atoms with van der Waals surface area (Å²) in [5.74, 6) is -0.212. The number of carbonyl (C=O) groups excluding carboxylic acids is 1. The number of halogens is 1. The van der Waals surface area contributed by atoms with Gasteiger partial charge < -0.3 is 14.8 Å². The fourth-order valence-electron chi connectivity index (χ4n) is 4.06. The van der Waals surface area contributed by atoms with E-state index in [0.717, 1.165) is 53.8 Å². The van der Waals surface area contributed by atoms with E-state index in [4.69, 9.17) is 9.47 Å². The number of fused-ring (bicyclic) bond motifs is 1. The number of carbonyl (C=O) groups is 1. The number of amides is 1. The molecule has 7 nitrogen and oxygen atoms in total. The summed E-state index contributed by atoms with van der Waals surface area (Å²) in [4.78, 5) is 14.6. The first kappa shape index (κ1) is 21.8. The maximum atomic E-state index is 12.6. The van der Waals surface area contributed by atoms with Gasteiger partial charge in [0.2, 0.25) is 5.91 Å². The second kappa shape index (κ2) is 9.82. The van der Waals surface area contributed by atoms with E-state index in [1.807, 2.05) is 58.2 Å². The van der Waals surface area contributed by atoms with E-state index >= 15 is 0 Å². The number of rotatable bonds is 9. The number of para-hydroxylation sites is 1. The third-order valence-corrected chi connectivity index (χ3v) is 6.07. The van der Waals surface area contributed by atoms with Gasteiger partial charge in [0, 0.05) is 48.8 Å². The van der Waals surface area contributed by atoms with Crippen molar-refractivity contribution in [3.8, 4) is 0 Å². The van der Waals surface area contributed by atoms with Crippen LogP contribution in [0, 0.1) is 0 Å². The average molecular weight is 451 g/mol. The number of hydrogen-bond donors (Lipinski definition) is 1. The largest absolute Gasteiger partial charge is 0.371 e. The zero-order valence-corrected chi connectivity index (χ0v) is 18.3. The number of alkyl halides is 1. The van der Waals surface area contributed by atoms with Crippen LogP contribution < -0.4 is 5.32 Å². The van der Waals surface area contributed by atoms with Crippen LogP contribution in [0.15, 0.2) is 54.7 Å². The second-order valence-corrected chi connectivity index (χ2v) is 8.38. The van der Waals surface area contributed by atoms with Crippen molar-refractivity contribution in [2.45, 2.75) is 25.4 Å². The van der Waals surface area contributed by atoms with Gasteiger partial charge in [0.25, 0.3) is 0 Å². The molecule has 0 aliphatic carbocycles. The van der Waals surface area contributed by atoms with Crippen LogP contribution in [0.1, 0.15) is 23.8 Å². The van der Waals surface area contributed by atoms with E-state index in [0.29, 0.717) is 13.2 Å². The number of hydrogen-bond acceptors (Lipinski definition) is 5. The molecule has 5 rings (SSSR count). The highest BCUT2D eigenvalue weighted by Crippen LogP contribution is 2.27. The van der Waals surface area contributed by atoms with Crippen molar-refractivity contribution in [2.75, 3.05) is 38.2 Å². The standard InChI is InChI=1S/C25H27FN4O3/c26-10-11-29-15-21(16-29)33-17-20-3-1-2-4-22(20)28-24(31)8-6-18-5-7-19-14-27-30(23(19)13-18)25-9-12-32-25/h1-8,13-14,21,25H,9-12,15-17H2,(H,28,31)/b8-6+. The van der Waals surface area contributed by atoms with Crippen LogP contribution in [0.2, 0.25) is 0 Å². The molecule has 0 spiro atoms. The van der Waals surface area contributed by atoms with Gasteiger partial charge in [-0.1, -0.05) is 30.3 Å². The van der Waals surface area contributed by atoms with E-state index in [-0.39, 0.29) is 24.9 Å². The zero-order valence-electron chi connectivity index (χ0n) is 18.3. The van der Waals surface area contributed by atoms with Gasteiger partial charge in [-0.05, 0) is 23.8 Å². The van der Waals surface area contributed by atoms with Gasteiger partial charge in [-0.3, -0.25) is 9.69 Å². The molecule has 2 aliphatic heterocycles. The molecule has 1 unspecified atom stereocenters. The first-order valence-corrected chi connectivity index (χ1v) is 11.3. The molecule has 1 amide bonds. The lowest BCUT2D eigenvalue weighted by Crippen LogP contribution is -2.52.